The lowest BCUT2D eigenvalue weighted by Gasteiger charge is -2.00. The first-order chi connectivity index (χ1) is 10.2. The highest BCUT2D eigenvalue weighted by molar-refractivity contribution is 9.10. The third-order valence-electron chi connectivity index (χ3n) is 2.97. The summed E-state index contributed by atoms with van der Waals surface area (Å²) < 4.78 is 14.2. The molecule has 0 atom stereocenters. The van der Waals surface area contributed by atoms with Gasteiger partial charge in [0.05, 0.1) is 17.3 Å². The zero-order valence-corrected chi connectivity index (χ0v) is 13.1. The second-order valence-corrected chi connectivity index (χ2v) is 6.06. The molecule has 2 aromatic carbocycles. The topological polar surface area (TPSA) is 36.7 Å². The largest absolute Gasteiger partial charge is 0.236 e. The normalized spacial score (nSPS) is 10.3. The number of thiazole rings is 1. The third kappa shape index (κ3) is 2.87. The fourth-order valence-corrected chi connectivity index (χ4v) is 3.33. The van der Waals surface area contributed by atoms with E-state index in [1.807, 2.05) is 17.5 Å². The predicted molar refractivity (Wildman–Crippen MR) is 85.4 cm³/mol. The van der Waals surface area contributed by atoms with Crippen molar-refractivity contribution in [3.05, 3.63) is 63.7 Å². The van der Waals surface area contributed by atoms with Crippen molar-refractivity contribution in [1.29, 1.82) is 5.26 Å². The van der Waals surface area contributed by atoms with E-state index in [1.165, 1.54) is 23.5 Å². The van der Waals surface area contributed by atoms with Gasteiger partial charge < -0.3 is 0 Å². The summed E-state index contributed by atoms with van der Waals surface area (Å²) in [7, 11) is 0. The van der Waals surface area contributed by atoms with Crippen molar-refractivity contribution in [3.8, 4) is 27.9 Å². The van der Waals surface area contributed by atoms with Gasteiger partial charge in [-0.15, -0.1) is 11.3 Å². The molecule has 5 heteroatoms. The van der Waals surface area contributed by atoms with E-state index in [2.05, 4.69) is 27.0 Å². The zero-order chi connectivity index (χ0) is 14.8. The maximum Gasteiger partial charge on any atom is 0.125 e. The molecule has 3 aromatic rings. The van der Waals surface area contributed by atoms with Crippen molar-refractivity contribution < 1.29 is 4.39 Å². The van der Waals surface area contributed by atoms with Gasteiger partial charge in [-0.2, -0.15) is 5.26 Å². The quantitative estimate of drug-likeness (QED) is 0.627. The standard InChI is InChI=1S/C16H8BrFN2S/c17-14-6-5-12(18)7-13(14)16-20-15(9-21-16)11-3-1-10(8-19)2-4-11/h1-7,9H. The number of nitriles is 1. The van der Waals surface area contributed by atoms with Crippen molar-refractivity contribution in [2.75, 3.05) is 0 Å². The second kappa shape index (κ2) is 5.76. The molecule has 0 N–H and O–H groups in total. The highest BCUT2D eigenvalue weighted by atomic mass is 79.9. The Bertz CT molecular complexity index is 834. The van der Waals surface area contributed by atoms with Crippen LogP contribution in [-0.2, 0) is 0 Å². The molecule has 2 nitrogen and oxygen atoms in total. The molecule has 0 amide bonds. The summed E-state index contributed by atoms with van der Waals surface area (Å²) in [4.78, 5) is 4.55. The lowest BCUT2D eigenvalue weighted by molar-refractivity contribution is 0.628. The monoisotopic (exact) mass is 358 g/mol. The van der Waals surface area contributed by atoms with Gasteiger partial charge in [-0.1, -0.05) is 28.1 Å². The van der Waals surface area contributed by atoms with E-state index in [1.54, 1.807) is 18.2 Å². The Morgan fingerprint density at radius 3 is 2.62 bits per heavy atom. The minimum absolute atomic E-state index is 0.289. The molecule has 0 aliphatic rings. The average Bonchev–Trinajstić information content (AvgIpc) is 2.99. The number of halogens is 2. The maximum absolute atomic E-state index is 13.4. The molecule has 0 radical (unpaired) electrons. The van der Waals surface area contributed by atoms with Crippen LogP contribution in [0.3, 0.4) is 0 Å². The summed E-state index contributed by atoms with van der Waals surface area (Å²) in [6.45, 7) is 0. The molecule has 102 valence electrons. The summed E-state index contributed by atoms with van der Waals surface area (Å²) in [5.74, 6) is -0.289. The fraction of sp³-hybridized carbons (Fsp3) is 0. The molecule has 1 heterocycles. The van der Waals surface area contributed by atoms with Crippen molar-refractivity contribution in [3.63, 3.8) is 0 Å². The smallest absolute Gasteiger partial charge is 0.125 e. The summed E-state index contributed by atoms with van der Waals surface area (Å²) in [5, 5.41) is 11.5. The van der Waals surface area contributed by atoms with Crippen LogP contribution in [0.25, 0.3) is 21.8 Å². The molecule has 0 spiro atoms. The predicted octanol–water partition coefficient (Wildman–Crippen LogP) is 5.25. The van der Waals surface area contributed by atoms with Gasteiger partial charge in [-0.05, 0) is 30.3 Å². The van der Waals surface area contributed by atoms with Gasteiger partial charge in [0.15, 0.2) is 0 Å². The third-order valence-corrected chi connectivity index (χ3v) is 4.54. The van der Waals surface area contributed by atoms with Crippen LogP contribution in [0.2, 0.25) is 0 Å². The Hall–Kier alpha value is -2.03. The maximum atomic E-state index is 13.4. The first-order valence-electron chi connectivity index (χ1n) is 6.09. The van der Waals surface area contributed by atoms with Crippen LogP contribution >= 0.6 is 27.3 Å². The number of hydrogen-bond donors (Lipinski definition) is 0. The summed E-state index contributed by atoms with van der Waals surface area (Å²) in [6.07, 6.45) is 0. The van der Waals surface area contributed by atoms with E-state index in [-0.39, 0.29) is 5.82 Å². The lowest BCUT2D eigenvalue weighted by atomic mass is 10.1. The van der Waals surface area contributed by atoms with Crippen molar-refractivity contribution >= 4 is 27.3 Å². The molecule has 3 rings (SSSR count). The van der Waals surface area contributed by atoms with E-state index in [4.69, 9.17) is 5.26 Å². The molecule has 0 saturated heterocycles. The van der Waals surface area contributed by atoms with Crippen LogP contribution in [0, 0.1) is 17.1 Å². The summed E-state index contributed by atoms with van der Waals surface area (Å²) >= 11 is 4.87. The molecule has 0 aliphatic carbocycles. The van der Waals surface area contributed by atoms with Gasteiger partial charge in [0.1, 0.15) is 10.8 Å². The number of nitrogens with zero attached hydrogens (tertiary/aromatic N) is 2. The Balaban J connectivity index is 1.99. The van der Waals surface area contributed by atoms with Gasteiger partial charge in [0.25, 0.3) is 0 Å². The van der Waals surface area contributed by atoms with Crippen molar-refractivity contribution in [1.82, 2.24) is 4.98 Å². The van der Waals surface area contributed by atoms with Crippen LogP contribution in [0.15, 0.2) is 52.3 Å². The molecule has 0 saturated carbocycles. The van der Waals surface area contributed by atoms with Gasteiger partial charge in [0, 0.05) is 21.0 Å². The second-order valence-electron chi connectivity index (χ2n) is 4.35. The average molecular weight is 359 g/mol. The molecule has 0 bridgehead atoms. The highest BCUT2D eigenvalue weighted by Gasteiger charge is 2.10. The van der Waals surface area contributed by atoms with E-state index in [9.17, 15) is 4.39 Å². The van der Waals surface area contributed by atoms with Gasteiger partial charge >= 0.3 is 0 Å². The van der Waals surface area contributed by atoms with E-state index in [0.29, 0.717) is 5.56 Å². The molecule has 1 aromatic heterocycles. The molecule has 0 unspecified atom stereocenters. The lowest BCUT2D eigenvalue weighted by Crippen LogP contribution is -1.83. The number of aromatic nitrogens is 1. The molecule has 21 heavy (non-hydrogen) atoms. The van der Waals surface area contributed by atoms with E-state index >= 15 is 0 Å². The van der Waals surface area contributed by atoms with Crippen LogP contribution in [0.4, 0.5) is 4.39 Å². The van der Waals surface area contributed by atoms with E-state index < -0.39 is 0 Å². The first kappa shape index (κ1) is 13.9. The van der Waals surface area contributed by atoms with E-state index in [0.717, 1.165) is 26.3 Å². The Morgan fingerprint density at radius 2 is 1.90 bits per heavy atom. The number of hydrogen-bond acceptors (Lipinski definition) is 3. The van der Waals surface area contributed by atoms with Crippen molar-refractivity contribution in [2.24, 2.45) is 0 Å². The van der Waals surface area contributed by atoms with Crippen molar-refractivity contribution in [2.45, 2.75) is 0 Å². The van der Waals surface area contributed by atoms with Crippen LogP contribution in [0.1, 0.15) is 5.56 Å². The SMILES string of the molecule is N#Cc1ccc(-c2csc(-c3cc(F)ccc3Br)n2)cc1. The van der Waals surface area contributed by atoms with Gasteiger partial charge in [-0.25, -0.2) is 9.37 Å². The minimum atomic E-state index is -0.289. The van der Waals surface area contributed by atoms with Crippen LogP contribution in [-0.4, -0.2) is 4.98 Å². The molecule has 0 aliphatic heterocycles. The van der Waals surface area contributed by atoms with Crippen LogP contribution < -0.4 is 0 Å². The van der Waals surface area contributed by atoms with Gasteiger partial charge in [-0.3, -0.25) is 0 Å². The minimum Gasteiger partial charge on any atom is -0.236 e. The highest BCUT2D eigenvalue weighted by Crippen LogP contribution is 2.33. The summed E-state index contributed by atoms with van der Waals surface area (Å²) in [6, 6.07) is 13.9. The number of benzene rings is 2. The Labute approximate surface area is 133 Å². The fourth-order valence-electron chi connectivity index (χ4n) is 1.91. The Kier molecular flexibility index (Phi) is 3.82. The molecular formula is C16H8BrFN2S. The molecule has 0 fully saturated rings. The summed E-state index contributed by atoms with van der Waals surface area (Å²) in [5.41, 5.74) is 3.10. The Morgan fingerprint density at radius 1 is 1.14 bits per heavy atom. The van der Waals surface area contributed by atoms with Gasteiger partial charge in [0.2, 0.25) is 0 Å². The molecular weight excluding hydrogens is 351 g/mol. The number of rotatable bonds is 2. The van der Waals surface area contributed by atoms with Crippen LogP contribution in [0.5, 0.6) is 0 Å². The zero-order valence-electron chi connectivity index (χ0n) is 10.7. The first-order valence-corrected chi connectivity index (χ1v) is 7.76.